The Balaban J connectivity index is 3.36. The number of hydrogen-bond donors (Lipinski definition) is 2. The summed E-state index contributed by atoms with van der Waals surface area (Å²) in [6, 6.07) is 0. The summed E-state index contributed by atoms with van der Waals surface area (Å²) in [6.07, 6.45) is 6.00. The quantitative estimate of drug-likeness (QED) is 0.170. The van der Waals surface area contributed by atoms with Gasteiger partial charge in [-0.3, -0.25) is 10.1 Å². The van der Waals surface area contributed by atoms with Crippen LogP contribution in [0.3, 0.4) is 0 Å². The first-order valence-corrected chi connectivity index (χ1v) is 6.08. The molecular formula is C11H23NO5. The van der Waals surface area contributed by atoms with Crippen molar-refractivity contribution in [1.82, 2.24) is 5.32 Å². The van der Waals surface area contributed by atoms with Gasteiger partial charge in [-0.05, 0) is 32.2 Å². The van der Waals surface area contributed by atoms with Crippen LogP contribution in [0.25, 0.3) is 0 Å². The lowest BCUT2D eigenvalue weighted by molar-refractivity contribution is -0.492. The van der Waals surface area contributed by atoms with Crippen molar-refractivity contribution >= 4 is 6.47 Å². The van der Waals surface area contributed by atoms with E-state index in [1.165, 1.54) is 0 Å². The third-order valence-corrected chi connectivity index (χ3v) is 2.47. The predicted octanol–water partition coefficient (Wildman–Crippen LogP) is 1.86. The topological polar surface area (TPSA) is 77.0 Å². The Kier molecular flexibility index (Phi) is 12.8. The molecule has 0 aromatic heterocycles. The van der Waals surface area contributed by atoms with E-state index in [1.807, 2.05) is 0 Å². The van der Waals surface area contributed by atoms with Gasteiger partial charge in [0.25, 0.3) is 6.47 Å². The molecule has 0 amide bonds. The Hall–Kier alpha value is -0.690. The Morgan fingerprint density at radius 1 is 1.29 bits per heavy atom. The van der Waals surface area contributed by atoms with Gasteiger partial charge >= 0.3 is 0 Å². The van der Waals surface area contributed by atoms with Crippen molar-refractivity contribution in [2.24, 2.45) is 0 Å². The Labute approximate surface area is 102 Å². The third-order valence-electron chi connectivity index (χ3n) is 2.47. The molecule has 0 rings (SSSR count). The van der Waals surface area contributed by atoms with E-state index in [2.05, 4.69) is 22.2 Å². The first-order chi connectivity index (χ1) is 8.35. The molecule has 0 aliphatic carbocycles. The van der Waals surface area contributed by atoms with Crippen molar-refractivity contribution in [2.75, 3.05) is 13.3 Å². The van der Waals surface area contributed by atoms with E-state index in [9.17, 15) is 4.79 Å². The smallest absolute Gasteiger partial charge is 0.293 e. The fraction of sp³-hybridized carbons (Fsp3) is 0.909. The van der Waals surface area contributed by atoms with E-state index in [0.717, 1.165) is 45.1 Å². The predicted molar refractivity (Wildman–Crippen MR) is 62.0 cm³/mol. The second kappa shape index (κ2) is 13.4. The third kappa shape index (κ3) is 11.6. The number of ether oxygens (including phenoxy) is 1. The molecule has 0 aliphatic rings. The van der Waals surface area contributed by atoms with Crippen LogP contribution in [0.2, 0.25) is 0 Å². The summed E-state index contributed by atoms with van der Waals surface area (Å²) in [5, 5.41) is 14.2. The fourth-order valence-electron chi connectivity index (χ4n) is 1.55. The van der Waals surface area contributed by atoms with Gasteiger partial charge in [0.05, 0.1) is 0 Å². The van der Waals surface area contributed by atoms with Gasteiger partial charge in [-0.1, -0.05) is 24.8 Å². The fourth-order valence-corrected chi connectivity index (χ4v) is 1.55. The second-order valence-corrected chi connectivity index (χ2v) is 3.83. The molecule has 0 bridgehead atoms. The van der Waals surface area contributed by atoms with Crippen LogP contribution < -0.4 is 5.32 Å². The molecule has 0 spiro atoms. The van der Waals surface area contributed by atoms with Gasteiger partial charge in [0.1, 0.15) is 12.8 Å². The van der Waals surface area contributed by atoms with Crippen LogP contribution in [0.1, 0.15) is 45.4 Å². The van der Waals surface area contributed by atoms with Crippen LogP contribution in [0.5, 0.6) is 0 Å². The van der Waals surface area contributed by atoms with Crippen LogP contribution in [-0.2, 0) is 19.5 Å². The largest absolute Gasteiger partial charge is 0.465 e. The van der Waals surface area contributed by atoms with Crippen LogP contribution in [0, 0.1) is 0 Å². The molecule has 6 nitrogen and oxygen atoms in total. The lowest BCUT2D eigenvalue weighted by Gasteiger charge is -2.14. The average molecular weight is 249 g/mol. The van der Waals surface area contributed by atoms with Gasteiger partial charge in [-0.15, -0.1) is 0 Å². The minimum Gasteiger partial charge on any atom is -0.465 e. The molecule has 17 heavy (non-hydrogen) atoms. The first kappa shape index (κ1) is 16.3. The summed E-state index contributed by atoms with van der Waals surface area (Å²) in [6.45, 7) is 3.57. The summed E-state index contributed by atoms with van der Waals surface area (Å²) in [7, 11) is 0. The number of nitrogens with one attached hydrogen (secondary N) is 1. The zero-order chi connectivity index (χ0) is 12.8. The van der Waals surface area contributed by atoms with Crippen molar-refractivity contribution in [1.29, 1.82) is 0 Å². The summed E-state index contributed by atoms with van der Waals surface area (Å²) in [5.74, 6) is 0. The molecule has 0 aromatic carbocycles. The second-order valence-electron chi connectivity index (χ2n) is 3.83. The van der Waals surface area contributed by atoms with Gasteiger partial charge in [-0.2, -0.15) is 4.89 Å². The normalized spacial score (nSPS) is 12.4. The average Bonchev–Trinajstić information content (AvgIpc) is 2.34. The van der Waals surface area contributed by atoms with Crippen LogP contribution in [-0.4, -0.2) is 31.1 Å². The minimum atomic E-state index is 0.0458. The molecule has 0 fully saturated rings. The first-order valence-electron chi connectivity index (χ1n) is 6.08. The molecule has 0 saturated heterocycles. The summed E-state index contributed by atoms with van der Waals surface area (Å²) >= 11 is 0. The van der Waals surface area contributed by atoms with E-state index >= 15 is 0 Å². The van der Waals surface area contributed by atoms with E-state index in [0.29, 0.717) is 6.47 Å². The van der Waals surface area contributed by atoms with Gasteiger partial charge in [0.2, 0.25) is 0 Å². The van der Waals surface area contributed by atoms with Crippen LogP contribution >= 0.6 is 0 Å². The maximum absolute atomic E-state index is 10.3. The van der Waals surface area contributed by atoms with Gasteiger partial charge < -0.3 is 4.74 Å². The summed E-state index contributed by atoms with van der Waals surface area (Å²) in [5.41, 5.74) is 0. The molecule has 0 heterocycles. The number of carbonyl (C=O) groups is 1. The maximum Gasteiger partial charge on any atom is 0.293 e. The lowest BCUT2D eigenvalue weighted by Crippen LogP contribution is -2.19. The van der Waals surface area contributed by atoms with Crippen molar-refractivity contribution in [2.45, 2.75) is 51.6 Å². The number of rotatable bonds is 13. The van der Waals surface area contributed by atoms with E-state index in [1.54, 1.807) is 0 Å². The van der Waals surface area contributed by atoms with Gasteiger partial charge in [0.15, 0.2) is 0 Å². The number of hydrogen-bond acceptors (Lipinski definition) is 6. The minimum absolute atomic E-state index is 0.0458. The van der Waals surface area contributed by atoms with Crippen LogP contribution in [0.15, 0.2) is 0 Å². The van der Waals surface area contributed by atoms with Gasteiger partial charge in [-0.25, -0.2) is 5.26 Å². The van der Waals surface area contributed by atoms with Gasteiger partial charge in [0, 0.05) is 0 Å². The van der Waals surface area contributed by atoms with Crippen molar-refractivity contribution < 1.29 is 24.7 Å². The highest BCUT2D eigenvalue weighted by Crippen LogP contribution is 2.11. The van der Waals surface area contributed by atoms with Crippen molar-refractivity contribution in [3.63, 3.8) is 0 Å². The van der Waals surface area contributed by atoms with E-state index < -0.39 is 0 Å². The molecule has 0 aliphatic heterocycles. The van der Waals surface area contributed by atoms with E-state index in [4.69, 9.17) is 9.99 Å². The Bertz CT molecular complexity index is 168. The van der Waals surface area contributed by atoms with E-state index in [-0.39, 0.29) is 12.8 Å². The molecule has 6 heteroatoms. The highest BCUT2D eigenvalue weighted by atomic mass is 17.5. The van der Waals surface area contributed by atoms with Crippen LogP contribution in [0.4, 0.5) is 0 Å². The lowest BCUT2D eigenvalue weighted by atomic mass is 10.1. The number of carbonyl (C=O) groups excluding carboxylic acids is 1. The molecule has 2 N–H and O–H groups in total. The standard InChI is InChI=1S/C11H23NO5/c1-2-3-6-11(15-10-13)7-4-5-8-12-9-16-17-14/h10-12,14H,2-9H2,1H3. The molecule has 1 unspecified atom stereocenters. The monoisotopic (exact) mass is 249 g/mol. The summed E-state index contributed by atoms with van der Waals surface area (Å²) in [4.78, 5) is 14.5. The highest BCUT2D eigenvalue weighted by molar-refractivity contribution is 5.37. The zero-order valence-electron chi connectivity index (χ0n) is 10.4. The molecule has 0 saturated carbocycles. The maximum atomic E-state index is 10.3. The Morgan fingerprint density at radius 3 is 2.71 bits per heavy atom. The zero-order valence-corrected chi connectivity index (χ0v) is 10.4. The Morgan fingerprint density at radius 2 is 2.06 bits per heavy atom. The highest BCUT2D eigenvalue weighted by Gasteiger charge is 2.07. The molecule has 0 radical (unpaired) electrons. The molecular weight excluding hydrogens is 226 g/mol. The molecule has 0 aromatic rings. The molecule has 102 valence electrons. The van der Waals surface area contributed by atoms with Crippen molar-refractivity contribution in [3.8, 4) is 0 Å². The SMILES string of the molecule is CCCCC(CCCCNCOOO)OC=O. The number of unbranched alkanes of at least 4 members (excludes halogenated alkanes) is 2. The molecule has 1 atom stereocenters. The summed E-state index contributed by atoms with van der Waals surface area (Å²) < 4.78 is 5.01. The van der Waals surface area contributed by atoms with Crippen molar-refractivity contribution in [3.05, 3.63) is 0 Å².